The van der Waals surface area contributed by atoms with Crippen LogP contribution < -0.4 is 47.7 Å². The Morgan fingerprint density at radius 1 is 0.155 bits per heavy atom. The molecule has 0 radical (unpaired) electrons. The molecule has 0 aliphatic rings. The van der Waals surface area contributed by atoms with Gasteiger partial charge in [-0.05, 0) is 122 Å². The van der Waals surface area contributed by atoms with Gasteiger partial charge in [-0.25, -0.2) is 15.0 Å². The fraction of sp³-hybridized carbons (Fsp3) is 0. The first-order valence-corrected chi connectivity index (χ1v) is 47.3. The number of rotatable bonds is 13. The van der Waals surface area contributed by atoms with Crippen molar-refractivity contribution < 1.29 is 0 Å². The number of pyridine rings is 3. The molecule has 1 unspecified atom stereocenters. The quantitative estimate of drug-likeness (QED) is 0.0651. The molecule has 0 fully saturated rings. The van der Waals surface area contributed by atoms with Crippen LogP contribution in [0.15, 0.2) is 449 Å². The molecular weight excluding hydrogens is 1520 g/mol. The second-order valence-electron chi connectivity index (χ2n) is 29.0. The Kier molecular flexibility index (Phi) is 20.3. The summed E-state index contributed by atoms with van der Waals surface area (Å²) in [5.41, 5.74) is 15.7. The van der Waals surface area contributed by atoms with Crippen LogP contribution in [0.25, 0.3) is 131 Å². The lowest BCUT2D eigenvalue weighted by Crippen LogP contribution is -2.24. The summed E-state index contributed by atoms with van der Waals surface area (Å²) in [6, 6.07) is 152. The molecular formula is C107H74N3P3S3. The van der Waals surface area contributed by atoms with Gasteiger partial charge in [-0.2, -0.15) is 0 Å². The summed E-state index contributed by atoms with van der Waals surface area (Å²) < 4.78 is 0. The number of hydrogen-bond donors (Lipinski definition) is 0. The molecule has 0 aliphatic heterocycles. The molecule has 21 aromatic rings. The molecule has 0 saturated heterocycles. The molecule has 0 bridgehead atoms. The minimum Gasteiger partial charge on any atom is -0.248 e. The van der Waals surface area contributed by atoms with E-state index in [0.717, 1.165) is 54.6 Å². The first-order valence-electron chi connectivity index (χ1n) is 38.9. The lowest BCUT2D eigenvalue weighted by molar-refractivity contribution is 1.49. The third-order valence-corrected chi connectivity index (χ3v) is 37.2. The maximum atomic E-state index is 6.68. The minimum absolute atomic E-state index is 1.01. The number of hydrogen-bond acceptors (Lipinski definition) is 6. The zero-order chi connectivity index (χ0) is 78.0. The van der Waals surface area contributed by atoms with E-state index >= 15 is 0 Å². The van der Waals surface area contributed by atoms with Crippen molar-refractivity contribution in [2.45, 2.75) is 0 Å². The van der Waals surface area contributed by atoms with Crippen LogP contribution in [0.1, 0.15) is 0 Å². The summed E-state index contributed by atoms with van der Waals surface area (Å²) in [7, 11) is 0. The average Bonchev–Trinajstić information content (AvgIpc) is 0.744. The minimum atomic E-state index is -2.27. The van der Waals surface area contributed by atoms with Gasteiger partial charge in [0, 0.05) is 72.5 Å². The van der Waals surface area contributed by atoms with E-state index in [1.807, 2.05) is 6.07 Å². The van der Waals surface area contributed by atoms with Crippen molar-refractivity contribution in [2.75, 3.05) is 0 Å². The van der Waals surface area contributed by atoms with Gasteiger partial charge in [0.25, 0.3) is 0 Å². The van der Waals surface area contributed by atoms with E-state index in [1.165, 1.54) is 125 Å². The van der Waals surface area contributed by atoms with Gasteiger partial charge in [-0.15, -0.1) is 0 Å². The van der Waals surface area contributed by atoms with Crippen LogP contribution in [0.4, 0.5) is 0 Å². The van der Waals surface area contributed by atoms with Crippen molar-refractivity contribution in [3.8, 4) is 44.5 Å². The first-order chi connectivity index (χ1) is 57.2. The summed E-state index contributed by atoms with van der Waals surface area (Å²) in [6.45, 7) is 0. The van der Waals surface area contributed by atoms with Crippen molar-refractivity contribution in [1.82, 2.24) is 15.0 Å². The van der Waals surface area contributed by atoms with Crippen LogP contribution in [0.2, 0.25) is 0 Å². The molecule has 1 atom stereocenters. The number of para-hydroxylation sites is 4. The summed E-state index contributed by atoms with van der Waals surface area (Å²) in [5, 5.41) is 22.6. The smallest absolute Gasteiger partial charge is 0.0794 e. The van der Waals surface area contributed by atoms with E-state index in [-0.39, 0.29) is 0 Å². The largest absolute Gasteiger partial charge is 0.248 e. The molecule has 0 aliphatic carbocycles. The molecule has 21 rings (SSSR count). The Balaban J connectivity index is 0.000000116. The maximum absolute atomic E-state index is 6.68. The Hall–Kier alpha value is -12.6. The predicted molar refractivity (Wildman–Crippen MR) is 513 cm³/mol. The van der Waals surface area contributed by atoms with Gasteiger partial charge in [-0.3, -0.25) is 0 Å². The van der Waals surface area contributed by atoms with Crippen molar-refractivity contribution >= 4 is 188 Å². The lowest BCUT2D eigenvalue weighted by Gasteiger charge is -2.25. The highest BCUT2D eigenvalue weighted by atomic mass is 32.4. The Morgan fingerprint density at radius 3 is 0.793 bits per heavy atom. The van der Waals surface area contributed by atoms with Gasteiger partial charge in [0.15, 0.2) is 0 Å². The predicted octanol–water partition coefficient (Wildman–Crippen LogP) is 24.4. The van der Waals surface area contributed by atoms with Crippen LogP contribution >= 0.6 is 18.1 Å². The highest BCUT2D eigenvalue weighted by molar-refractivity contribution is 8.26. The summed E-state index contributed by atoms with van der Waals surface area (Å²) in [4.78, 5) is 15.1. The Morgan fingerprint density at radius 2 is 0.405 bits per heavy atom. The van der Waals surface area contributed by atoms with Crippen molar-refractivity contribution in [3.63, 3.8) is 0 Å². The van der Waals surface area contributed by atoms with Gasteiger partial charge in [0.05, 0.1) is 33.1 Å². The zero-order valence-corrected chi connectivity index (χ0v) is 68.3. The molecule has 3 aromatic heterocycles. The van der Waals surface area contributed by atoms with Crippen molar-refractivity contribution in [1.29, 1.82) is 0 Å². The van der Waals surface area contributed by atoms with Gasteiger partial charge < -0.3 is 0 Å². The highest BCUT2D eigenvalue weighted by Crippen LogP contribution is 2.49. The number of fused-ring (bicyclic) bond motifs is 10. The summed E-state index contributed by atoms with van der Waals surface area (Å²) in [5.74, 6) is 0. The molecule has 0 saturated carbocycles. The van der Waals surface area contributed by atoms with E-state index in [9.17, 15) is 0 Å². The number of nitrogens with zero attached hydrogens (tertiary/aromatic N) is 3. The highest BCUT2D eigenvalue weighted by Gasteiger charge is 2.29. The van der Waals surface area contributed by atoms with Gasteiger partial charge in [0.2, 0.25) is 0 Å². The standard InChI is InChI=1S/C37H26NPS.2C35H24NPS/c40-39(30-13-5-2-6-14-30,31-23-19-28(20-24-31)27-11-3-1-4-12-27)32-25-21-29(22-26-32)37-33-15-7-9-17-35(33)38-36-18-10-8-16-34(36)37;38-37(27-12-3-1-4-13-27,28-14-5-2-6-15-28)29-22-19-26(20-23-29)34-31-17-9-10-18-33(31)36-35-30-16-8-7-11-25(30)21-24-32(34)35;38-37(27-12-3-1-4-13-27,28-14-5-2-6-15-28)29-22-19-26(20-23-29)34-31-17-9-10-18-32(31)36-33-24-21-25-11-7-8-16-30(25)35(33)34/h1-26H;2*1-24H. The lowest BCUT2D eigenvalue weighted by atomic mass is 9.93. The average molecular weight is 1590 g/mol. The van der Waals surface area contributed by atoms with E-state index < -0.39 is 18.1 Å². The van der Waals surface area contributed by atoms with Crippen LogP contribution in [-0.2, 0) is 35.4 Å². The fourth-order valence-electron chi connectivity index (χ4n) is 16.6. The van der Waals surface area contributed by atoms with Crippen molar-refractivity contribution in [2.24, 2.45) is 0 Å². The summed E-state index contributed by atoms with van der Waals surface area (Å²) in [6.07, 6.45) is 0. The molecule has 116 heavy (non-hydrogen) atoms. The molecule has 18 aromatic carbocycles. The normalized spacial score (nSPS) is 12.1. The third kappa shape index (κ3) is 13.7. The van der Waals surface area contributed by atoms with Crippen LogP contribution in [0, 0.1) is 0 Å². The topological polar surface area (TPSA) is 38.7 Å². The maximum Gasteiger partial charge on any atom is 0.0794 e. The monoisotopic (exact) mass is 1590 g/mol. The number of benzene rings is 18. The molecule has 0 N–H and O–H groups in total. The summed E-state index contributed by atoms with van der Waals surface area (Å²) >= 11 is 19.8. The van der Waals surface area contributed by atoms with Crippen LogP contribution in [0.5, 0.6) is 0 Å². The van der Waals surface area contributed by atoms with Crippen LogP contribution in [-0.4, -0.2) is 15.0 Å². The van der Waals surface area contributed by atoms with E-state index in [0.29, 0.717) is 0 Å². The molecule has 3 heterocycles. The van der Waals surface area contributed by atoms with E-state index in [2.05, 4.69) is 443 Å². The van der Waals surface area contributed by atoms with E-state index in [1.54, 1.807) is 0 Å². The third-order valence-electron chi connectivity index (χ3n) is 22.2. The second-order valence-corrected chi connectivity index (χ2v) is 42.2. The molecule has 0 amide bonds. The SMILES string of the molecule is S=P(c1ccccc1)(c1ccc(-c2ccccc2)cc1)c1ccc(-c2c3ccccc3nc3ccccc23)cc1.S=P(c1ccccc1)(c1ccccc1)c1ccc(-c2c3ccccc3nc3c2ccc2ccccc23)cc1.S=P(c1ccccc1)(c1ccccc1)c1ccc(-c2c3ccccc3nc3ccc4ccccc4c23)cc1. The molecule has 550 valence electrons. The molecule has 9 heteroatoms. The van der Waals surface area contributed by atoms with Gasteiger partial charge >= 0.3 is 0 Å². The first kappa shape index (κ1) is 73.6. The molecule has 0 spiro atoms. The van der Waals surface area contributed by atoms with Gasteiger partial charge in [0.1, 0.15) is 0 Å². The Labute approximate surface area is 691 Å². The Bertz CT molecular complexity index is 7230. The van der Waals surface area contributed by atoms with Crippen molar-refractivity contribution in [3.05, 3.63) is 449 Å². The fourth-order valence-corrected chi connectivity index (χ4v) is 27.8. The van der Waals surface area contributed by atoms with Gasteiger partial charge in [-0.1, -0.05) is 454 Å². The molecule has 3 nitrogen and oxygen atoms in total. The van der Waals surface area contributed by atoms with E-state index in [4.69, 9.17) is 50.4 Å². The second kappa shape index (κ2) is 32.0. The zero-order valence-electron chi connectivity index (χ0n) is 63.1. The number of aromatic nitrogens is 3. The van der Waals surface area contributed by atoms with Crippen LogP contribution in [0.3, 0.4) is 0 Å².